The van der Waals surface area contributed by atoms with Gasteiger partial charge in [-0.25, -0.2) is 9.97 Å². The lowest BCUT2D eigenvalue weighted by atomic mass is 10.2. The molecule has 6 nitrogen and oxygen atoms in total. The van der Waals surface area contributed by atoms with E-state index in [0.29, 0.717) is 11.7 Å². The van der Waals surface area contributed by atoms with E-state index in [1.54, 1.807) is 6.20 Å². The van der Waals surface area contributed by atoms with Gasteiger partial charge in [-0.1, -0.05) is 5.16 Å². The standard InChI is InChI=1S/C11H17N5O/c1-7(8-3-4-8)16(2)10-6-13-9(5-14-10)11(12)15-17/h5-8,17H,3-4H2,1-2H3,(H2,12,15). The van der Waals surface area contributed by atoms with Gasteiger partial charge in [0.1, 0.15) is 11.5 Å². The molecule has 1 aliphatic rings. The van der Waals surface area contributed by atoms with Gasteiger partial charge in [0, 0.05) is 13.1 Å². The first-order chi connectivity index (χ1) is 8.13. The van der Waals surface area contributed by atoms with Crippen molar-refractivity contribution in [2.75, 3.05) is 11.9 Å². The fourth-order valence-electron chi connectivity index (χ4n) is 1.79. The van der Waals surface area contributed by atoms with Crippen molar-refractivity contribution in [1.82, 2.24) is 9.97 Å². The predicted octanol–water partition coefficient (Wildman–Crippen LogP) is 0.806. The summed E-state index contributed by atoms with van der Waals surface area (Å²) < 4.78 is 0. The molecule has 1 unspecified atom stereocenters. The number of oxime groups is 1. The SMILES string of the molecule is CC(C1CC1)N(C)c1cnc(C(N)=NO)cn1. The molecule has 2 rings (SSSR count). The molecule has 0 spiro atoms. The summed E-state index contributed by atoms with van der Waals surface area (Å²) in [5, 5.41) is 11.4. The number of rotatable bonds is 4. The third-order valence-electron chi connectivity index (χ3n) is 3.28. The van der Waals surface area contributed by atoms with E-state index in [4.69, 9.17) is 10.9 Å². The summed E-state index contributed by atoms with van der Waals surface area (Å²) in [6.07, 6.45) is 5.75. The minimum Gasteiger partial charge on any atom is -0.409 e. The third kappa shape index (κ3) is 2.46. The molecule has 1 aliphatic carbocycles. The monoisotopic (exact) mass is 235 g/mol. The van der Waals surface area contributed by atoms with Gasteiger partial charge in [-0.2, -0.15) is 0 Å². The lowest BCUT2D eigenvalue weighted by Crippen LogP contribution is -2.31. The maximum absolute atomic E-state index is 8.52. The third-order valence-corrected chi connectivity index (χ3v) is 3.28. The summed E-state index contributed by atoms with van der Waals surface area (Å²) >= 11 is 0. The highest BCUT2D eigenvalue weighted by Gasteiger charge is 2.31. The maximum atomic E-state index is 8.52. The molecule has 6 heteroatoms. The number of nitrogens with zero attached hydrogens (tertiary/aromatic N) is 4. The first-order valence-corrected chi connectivity index (χ1v) is 5.66. The highest BCUT2D eigenvalue weighted by molar-refractivity contribution is 5.94. The van der Waals surface area contributed by atoms with Crippen molar-refractivity contribution in [2.45, 2.75) is 25.8 Å². The van der Waals surface area contributed by atoms with Crippen LogP contribution >= 0.6 is 0 Å². The second-order valence-electron chi connectivity index (χ2n) is 4.43. The number of anilines is 1. The summed E-state index contributed by atoms with van der Waals surface area (Å²) in [6, 6.07) is 0.471. The molecule has 0 radical (unpaired) electrons. The smallest absolute Gasteiger partial charge is 0.190 e. The first kappa shape index (κ1) is 11.6. The summed E-state index contributed by atoms with van der Waals surface area (Å²) in [6.45, 7) is 2.19. The molecule has 92 valence electrons. The number of nitrogens with two attached hydrogens (primary N) is 1. The van der Waals surface area contributed by atoms with Crippen molar-refractivity contribution >= 4 is 11.7 Å². The van der Waals surface area contributed by atoms with Gasteiger partial charge in [-0.05, 0) is 25.7 Å². The zero-order valence-electron chi connectivity index (χ0n) is 10.0. The van der Waals surface area contributed by atoms with Crippen LogP contribution in [0.3, 0.4) is 0 Å². The van der Waals surface area contributed by atoms with E-state index in [9.17, 15) is 0 Å². The second-order valence-corrected chi connectivity index (χ2v) is 4.43. The quantitative estimate of drug-likeness (QED) is 0.349. The van der Waals surface area contributed by atoms with E-state index in [2.05, 4.69) is 26.9 Å². The van der Waals surface area contributed by atoms with Crippen molar-refractivity contribution in [3.8, 4) is 0 Å². The molecular formula is C11H17N5O. The van der Waals surface area contributed by atoms with E-state index < -0.39 is 0 Å². The van der Waals surface area contributed by atoms with Crippen LogP contribution in [-0.4, -0.2) is 34.1 Å². The van der Waals surface area contributed by atoms with Crippen LogP contribution in [0.25, 0.3) is 0 Å². The number of hydrogen-bond donors (Lipinski definition) is 2. The van der Waals surface area contributed by atoms with Gasteiger partial charge in [0.15, 0.2) is 5.84 Å². The Bertz CT molecular complexity index is 412. The van der Waals surface area contributed by atoms with Crippen LogP contribution in [0, 0.1) is 5.92 Å². The second kappa shape index (κ2) is 4.57. The fourth-order valence-corrected chi connectivity index (χ4v) is 1.79. The van der Waals surface area contributed by atoms with Gasteiger partial charge in [0.05, 0.1) is 12.4 Å². The van der Waals surface area contributed by atoms with Crippen LogP contribution in [0.1, 0.15) is 25.5 Å². The van der Waals surface area contributed by atoms with E-state index in [0.717, 1.165) is 11.7 Å². The molecular weight excluding hydrogens is 218 g/mol. The molecule has 1 aromatic rings. The Hall–Kier alpha value is -1.85. The van der Waals surface area contributed by atoms with E-state index in [-0.39, 0.29) is 5.84 Å². The largest absolute Gasteiger partial charge is 0.409 e. The van der Waals surface area contributed by atoms with Crippen LogP contribution in [0.15, 0.2) is 17.5 Å². The molecule has 1 heterocycles. The molecule has 3 N–H and O–H groups in total. The Labute approximate surface area is 100 Å². The van der Waals surface area contributed by atoms with E-state index in [1.807, 2.05) is 7.05 Å². The predicted molar refractivity (Wildman–Crippen MR) is 65.1 cm³/mol. The average molecular weight is 235 g/mol. The highest BCUT2D eigenvalue weighted by atomic mass is 16.4. The number of aromatic nitrogens is 2. The van der Waals surface area contributed by atoms with Crippen molar-refractivity contribution in [3.63, 3.8) is 0 Å². The van der Waals surface area contributed by atoms with Crippen molar-refractivity contribution in [3.05, 3.63) is 18.1 Å². The zero-order chi connectivity index (χ0) is 12.4. The number of amidine groups is 1. The summed E-state index contributed by atoms with van der Waals surface area (Å²) in [7, 11) is 2.01. The van der Waals surface area contributed by atoms with Crippen LogP contribution < -0.4 is 10.6 Å². The molecule has 0 bridgehead atoms. The van der Waals surface area contributed by atoms with Gasteiger partial charge in [-0.3, -0.25) is 0 Å². The lowest BCUT2D eigenvalue weighted by molar-refractivity contribution is 0.318. The Kier molecular flexibility index (Phi) is 3.12. The van der Waals surface area contributed by atoms with Crippen molar-refractivity contribution in [2.24, 2.45) is 16.8 Å². The summed E-state index contributed by atoms with van der Waals surface area (Å²) in [5.74, 6) is 1.55. The first-order valence-electron chi connectivity index (χ1n) is 5.66. The molecule has 0 aliphatic heterocycles. The molecule has 1 atom stereocenters. The van der Waals surface area contributed by atoms with Crippen molar-refractivity contribution < 1.29 is 5.21 Å². The van der Waals surface area contributed by atoms with Crippen LogP contribution in [0.5, 0.6) is 0 Å². The Morgan fingerprint density at radius 2 is 2.24 bits per heavy atom. The molecule has 0 aromatic carbocycles. The highest BCUT2D eigenvalue weighted by Crippen LogP contribution is 2.35. The summed E-state index contributed by atoms with van der Waals surface area (Å²) in [5.41, 5.74) is 5.80. The number of hydrogen-bond acceptors (Lipinski definition) is 5. The van der Waals surface area contributed by atoms with Gasteiger partial charge in [0.25, 0.3) is 0 Å². The van der Waals surface area contributed by atoms with Gasteiger partial charge in [0.2, 0.25) is 0 Å². The van der Waals surface area contributed by atoms with Gasteiger partial charge in [-0.15, -0.1) is 0 Å². The van der Waals surface area contributed by atoms with Crippen LogP contribution in [0.2, 0.25) is 0 Å². The van der Waals surface area contributed by atoms with Gasteiger partial charge < -0.3 is 15.8 Å². The molecule has 17 heavy (non-hydrogen) atoms. The Morgan fingerprint density at radius 3 is 2.71 bits per heavy atom. The molecule has 0 saturated heterocycles. The fraction of sp³-hybridized carbons (Fsp3) is 0.545. The lowest BCUT2D eigenvalue weighted by Gasteiger charge is -2.25. The van der Waals surface area contributed by atoms with E-state index in [1.165, 1.54) is 19.0 Å². The van der Waals surface area contributed by atoms with Crippen LogP contribution in [0.4, 0.5) is 5.82 Å². The molecule has 1 aromatic heterocycles. The van der Waals surface area contributed by atoms with Gasteiger partial charge >= 0.3 is 0 Å². The molecule has 1 fully saturated rings. The minimum atomic E-state index is -0.0260. The van der Waals surface area contributed by atoms with Crippen LogP contribution in [-0.2, 0) is 0 Å². The summed E-state index contributed by atoms with van der Waals surface area (Å²) in [4.78, 5) is 10.5. The topological polar surface area (TPSA) is 87.6 Å². The zero-order valence-corrected chi connectivity index (χ0v) is 10.0. The Balaban J connectivity index is 2.11. The Morgan fingerprint density at radius 1 is 1.53 bits per heavy atom. The normalized spacial score (nSPS) is 17.9. The molecule has 0 amide bonds. The minimum absolute atomic E-state index is 0.0260. The maximum Gasteiger partial charge on any atom is 0.190 e. The van der Waals surface area contributed by atoms with Crippen molar-refractivity contribution in [1.29, 1.82) is 0 Å². The van der Waals surface area contributed by atoms with E-state index >= 15 is 0 Å². The average Bonchev–Trinajstić information content (AvgIpc) is 3.20. The molecule has 1 saturated carbocycles.